The number of rotatable bonds is 3. The second-order valence-electron chi connectivity index (χ2n) is 7.90. The Morgan fingerprint density at radius 1 is 1.07 bits per heavy atom. The van der Waals surface area contributed by atoms with Gasteiger partial charge in [-0.3, -0.25) is 14.9 Å². The number of amides is 1. The average molecular weight is 373 g/mol. The van der Waals surface area contributed by atoms with Crippen LogP contribution in [0.15, 0.2) is 18.2 Å². The van der Waals surface area contributed by atoms with Crippen LogP contribution in [0.3, 0.4) is 0 Å². The Hall–Kier alpha value is -2.15. The Balaban J connectivity index is 1.60. The summed E-state index contributed by atoms with van der Waals surface area (Å²) in [5, 5.41) is 11.3. The van der Waals surface area contributed by atoms with Crippen LogP contribution < -0.4 is 4.90 Å². The fourth-order valence-corrected chi connectivity index (χ4v) is 4.84. The van der Waals surface area contributed by atoms with Crippen molar-refractivity contribution < 1.29 is 14.5 Å². The first-order chi connectivity index (χ1) is 13.1. The Morgan fingerprint density at radius 2 is 1.81 bits per heavy atom. The summed E-state index contributed by atoms with van der Waals surface area (Å²) >= 11 is 0. The molecular formula is C20H27N3O4. The highest BCUT2D eigenvalue weighted by atomic mass is 16.6. The van der Waals surface area contributed by atoms with Crippen molar-refractivity contribution in [3.63, 3.8) is 0 Å². The van der Waals surface area contributed by atoms with E-state index in [0.717, 1.165) is 31.1 Å². The summed E-state index contributed by atoms with van der Waals surface area (Å²) in [7, 11) is 0. The summed E-state index contributed by atoms with van der Waals surface area (Å²) in [4.78, 5) is 28.2. The highest BCUT2D eigenvalue weighted by molar-refractivity contribution is 6.00. The van der Waals surface area contributed by atoms with Crippen LogP contribution in [0.4, 0.5) is 11.4 Å². The lowest BCUT2D eigenvalue weighted by molar-refractivity contribution is -0.384. The largest absolute Gasteiger partial charge is 0.378 e. The third-order valence-corrected chi connectivity index (χ3v) is 6.35. The minimum atomic E-state index is -0.423. The van der Waals surface area contributed by atoms with Gasteiger partial charge in [0.15, 0.2) is 0 Å². The number of non-ortho nitro benzene ring substituents is 1. The van der Waals surface area contributed by atoms with Crippen LogP contribution in [-0.2, 0) is 4.74 Å². The van der Waals surface area contributed by atoms with E-state index in [1.54, 1.807) is 6.07 Å². The van der Waals surface area contributed by atoms with Crippen LogP contribution in [0.2, 0.25) is 0 Å². The smallest absolute Gasteiger partial charge is 0.270 e. The number of anilines is 1. The monoisotopic (exact) mass is 373 g/mol. The van der Waals surface area contributed by atoms with Crippen molar-refractivity contribution in [3.8, 4) is 0 Å². The highest BCUT2D eigenvalue weighted by Gasteiger charge is 2.34. The molecule has 1 amide bonds. The molecule has 0 spiro atoms. The van der Waals surface area contributed by atoms with E-state index in [9.17, 15) is 14.9 Å². The molecule has 4 rings (SSSR count). The van der Waals surface area contributed by atoms with Gasteiger partial charge < -0.3 is 14.5 Å². The summed E-state index contributed by atoms with van der Waals surface area (Å²) in [6.45, 7) is 4.15. The van der Waals surface area contributed by atoms with E-state index in [-0.39, 0.29) is 11.6 Å². The Morgan fingerprint density at radius 3 is 2.56 bits per heavy atom. The molecule has 7 nitrogen and oxygen atoms in total. The predicted molar refractivity (Wildman–Crippen MR) is 102 cm³/mol. The van der Waals surface area contributed by atoms with Crippen molar-refractivity contribution >= 4 is 17.3 Å². The number of benzene rings is 1. The molecule has 0 bridgehead atoms. The molecule has 7 heteroatoms. The molecule has 3 fully saturated rings. The van der Waals surface area contributed by atoms with Crippen molar-refractivity contribution in [1.29, 1.82) is 0 Å². The minimum Gasteiger partial charge on any atom is -0.378 e. The maximum atomic E-state index is 13.4. The van der Waals surface area contributed by atoms with E-state index in [0.29, 0.717) is 37.8 Å². The van der Waals surface area contributed by atoms with Crippen LogP contribution in [0.25, 0.3) is 0 Å². The average Bonchev–Trinajstić information content (AvgIpc) is 2.73. The SMILES string of the molecule is O=C(c1cc([N+](=O)[O-])ccc1N1CCOCC1)N1CC[C@@H]2CCCC[C@H]2C1. The van der Waals surface area contributed by atoms with Gasteiger partial charge in [-0.15, -0.1) is 0 Å². The van der Waals surface area contributed by atoms with E-state index in [1.165, 1.54) is 37.8 Å². The molecule has 0 aromatic heterocycles. The zero-order valence-corrected chi connectivity index (χ0v) is 15.6. The fourth-order valence-electron chi connectivity index (χ4n) is 4.84. The number of carbonyl (C=O) groups is 1. The number of ether oxygens (including phenoxy) is 1. The minimum absolute atomic E-state index is 0.0251. The van der Waals surface area contributed by atoms with Gasteiger partial charge in [0.1, 0.15) is 0 Å². The molecule has 0 unspecified atom stereocenters. The van der Waals surface area contributed by atoms with E-state index < -0.39 is 4.92 Å². The zero-order valence-electron chi connectivity index (χ0n) is 15.6. The lowest BCUT2D eigenvalue weighted by atomic mass is 9.75. The lowest BCUT2D eigenvalue weighted by Gasteiger charge is -2.41. The Bertz CT molecular complexity index is 717. The molecule has 2 heterocycles. The number of nitrogens with zero attached hydrogens (tertiary/aromatic N) is 3. The van der Waals surface area contributed by atoms with Gasteiger partial charge in [0, 0.05) is 38.3 Å². The van der Waals surface area contributed by atoms with Gasteiger partial charge >= 0.3 is 0 Å². The van der Waals surface area contributed by atoms with Crippen molar-refractivity contribution in [2.45, 2.75) is 32.1 Å². The third-order valence-electron chi connectivity index (χ3n) is 6.35. The molecule has 1 aliphatic carbocycles. The van der Waals surface area contributed by atoms with Crippen molar-refractivity contribution in [2.75, 3.05) is 44.3 Å². The second kappa shape index (κ2) is 7.84. The van der Waals surface area contributed by atoms with E-state index in [2.05, 4.69) is 4.90 Å². The molecule has 2 saturated heterocycles. The maximum Gasteiger partial charge on any atom is 0.270 e. The van der Waals surface area contributed by atoms with Gasteiger partial charge in [0.05, 0.1) is 29.4 Å². The summed E-state index contributed by atoms with van der Waals surface area (Å²) in [6.07, 6.45) is 6.08. The molecule has 2 aliphatic heterocycles. The second-order valence-corrected chi connectivity index (χ2v) is 7.90. The summed E-state index contributed by atoms with van der Waals surface area (Å²) in [5.74, 6) is 1.26. The molecule has 3 aliphatic rings. The standard InChI is InChI=1S/C20H27N3O4/c24-20(22-8-7-15-3-1-2-4-16(15)14-22)18-13-17(23(25)26)5-6-19(18)21-9-11-27-12-10-21/h5-6,13,15-16H,1-4,7-12,14H2/t15-,16-/m0/s1. The number of morpholine rings is 1. The normalized spacial score (nSPS) is 25.8. The predicted octanol–water partition coefficient (Wildman–Crippen LogP) is 3.08. The van der Waals surface area contributed by atoms with Gasteiger partial charge in [-0.2, -0.15) is 0 Å². The van der Waals surface area contributed by atoms with Crippen molar-refractivity contribution in [1.82, 2.24) is 4.90 Å². The molecule has 27 heavy (non-hydrogen) atoms. The molecule has 1 aromatic carbocycles. The number of nitro groups is 1. The highest BCUT2D eigenvalue weighted by Crippen LogP contribution is 2.37. The van der Waals surface area contributed by atoms with Crippen LogP contribution in [0, 0.1) is 22.0 Å². The summed E-state index contributed by atoms with van der Waals surface area (Å²) in [6, 6.07) is 4.68. The number of fused-ring (bicyclic) bond motifs is 1. The Labute approximate surface area is 159 Å². The number of hydrogen-bond acceptors (Lipinski definition) is 5. The first-order valence-corrected chi connectivity index (χ1v) is 10.0. The molecular weight excluding hydrogens is 346 g/mol. The van der Waals surface area contributed by atoms with Gasteiger partial charge in [-0.05, 0) is 30.7 Å². The van der Waals surface area contributed by atoms with E-state index in [4.69, 9.17) is 4.74 Å². The molecule has 146 valence electrons. The van der Waals surface area contributed by atoms with Crippen LogP contribution >= 0.6 is 0 Å². The van der Waals surface area contributed by atoms with Gasteiger partial charge in [-0.25, -0.2) is 0 Å². The number of hydrogen-bond donors (Lipinski definition) is 0. The van der Waals surface area contributed by atoms with Crippen LogP contribution in [0.5, 0.6) is 0 Å². The topological polar surface area (TPSA) is 75.9 Å². The van der Waals surface area contributed by atoms with Gasteiger partial charge in [-0.1, -0.05) is 19.3 Å². The van der Waals surface area contributed by atoms with Crippen molar-refractivity contribution in [2.24, 2.45) is 11.8 Å². The lowest BCUT2D eigenvalue weighted by Crippen LogP contribution is -2.45. The molecule has 1 aromatic rings. The number of piperidine rings is 1. The van der Waals surface area contributed by atoms with Crippen LogP contribution in [-0.4, -0.2) is 55.1 Å². The molecule has 1 saturated carbocycles. The molecule has 2 atom stereocenters. The number of nitro benzene ring substituents is 1. The molecule has 0 N–H and O–H groups in total. The molecule has 0 radical (unpaired) electrons. The van der Waals surface area contributed by atoms with E-state index in [1.807, 2.05) is 4.90 Å². The van der Waals surface area contributed by atoms with Crippen molar-refractivity contribution in [3.05, 3.63) is 33.9 Å². The van der Waals surface area contributed by atoms with E-state index >= 15 is 0 Å². The first kappa shape index (κ1) is 18.2. The van der Waals surface area contributed by atoms with Gasteiger partial charge in [0.25, 0.3) is 11.6 Å². The summed E-state index contributed by atoms with van der Waals surface area (Å²) in [5.41, 5.74) is 1.22. The van der Waals surface area contributed by atoms with Crippen LogP contribution in [0.1, 0.15) is 42.5 Å². The first-order valence-electron chi connectivity index (χ1n) is 10.0. The summed E-state index contributed by atoms with van der Waals surface area (Å²) < 4.78 is 5.41. The quantitative estimate of drug-likeness (QED) is 0.601. The maximum absolute atomic E-state index is 13.4. The zero-order chi connectivity index (χ0) is 18.8. The Kier molecular flexibility index (Phi) is 5.29. The van der Waals surface area contributed by atoms with Gasteiger partial charge in [0.2, 0.25) is 0 Å². The number of likely N-dealkylation sites (tertiary alicyclic amines) is 1. The fraction of sp³-hybridized carbons (Fsp3) is 0.650. The third kappa shape index (κ3) is 3.78. The number of carbonyl (C=O) groups excluding carboxylic acids is 1.